The van der Waals surface area contributed by atoms with Gasteiger partial charge in [0, 0.05) is 26.2 Å². The van der Waals surface area contributed by atoms with E-state index >= 15 is 0 Å². The summed E-state index contributed by atoms with van der Waals surface area (Å²) in [4.78, 5) is 25.9. The van der Waals surface area contributed by atoms with Crippen LogP contribution < -0.4 is 10.0 Å². The SMILES string of the molecule is CCNS(=O)(=O)c1ccc(CNC(=O)N2C[C@@H]3CCC[C@@]3(C(=O)O)C2)cc1. The second-order valence-corrected chi connectivity index (χ2v) is 9.00. The van der Waals surface area contributed by atoms with E-state index in [0.717, 1.165) is 18.4 Å². The van der Waals surface area contributed by atoms with Crippen molar-refractivity contribution in [2.24, 2.45) is 11.3 Å². The minimum absolute atomic E-state index is 0.0244. The van der Waals surface area contributed by atoms with Crippen molar-refractivity contribution in [1.82, 2.24) is 14.9 Å². The smallest absolute Gasteiger partial charge is 0.317 e. The van der Waals surface area contributed by atoms with Crippen molar-refractivity contribution in [2.45, 2.75) is 37.6 Å². The fraction of sp³-hybridized carbons (Fsp3) is 0.556. The van der Waals surface area contributed by atoms with Crippen LogP contribution in [0.4, 0.5) is 4.79 Å². The molecule has 1 heterocycles. The number of hydrogen-bond acceptors (Lipinski definition) is 4. The Morgan fingerprint density at radius 2 is 2.00 bits per heavy atom. The minimum atomic E-state index is -3.50. The largest absolute Gasteiger partial charge is 0.481 e. The monoisotopic (exact) mass is 395 g/mol. The molecule has 2 aliphatic rings. The number of nitrogens with one attached hydrogen (secondary N) is 2. The van der Waals surface area contributed by atoms with Gasteiger partial charge in [0.05, 0.1) is 10.3 Å². The van der Waals surface area contributed by atoms with Gasteiger partial charge in [0.25, 0.3) is 0 Å². The summed E-state index contributed by atoms with van der Waals surface area (Å²) in [5.41, 5.74) is -0.0225. The maximum absolute atomic E-state index is 12.4. The summed E-state index contributed by atoms with van der Waals surface area (Å²) >= 11 is 0. The van der Waals surface area contributed by atoms with Crippen LogP contribution in [0.5, 0.6) is 0 Å². The van der Waals surface area contributed by atoms with Gasteiger partial charge in [0.2, 0.25) is 10.0 Å². The van der Waals surface area contributed by atoms with Crippen molar-refractivity contribution in [3.63, 3.8) is 0 Å². The lowest BCUT2D eigenvalue weighted by Crippen LogP contribution is -2.41. The second kappa shape index (κ2) is 7.47. The Labute approximate surface area is 159 Å². The molecule has 0 aromatic heterocycles. The van der Waals surface area contributed by atoms with Crippen LogP contribution in [0.3, 0.4) is 0 Å². The molecule has 2 atom stereocenters. The minimum Gasteiger partial charge on any atom is -0.481 e. The highest BCUT2D eigenvalue weighted by molar-refractivity contribution is 7.89. The van der Waals surface area contributed by atoms with E-state index in [1.165, 1.54) is 12.1 Å². The second-order valence-electron chi connectivity index (χ2n) is 7.23. The summed E-state index contributed by atoms with van der Waals surface area (Å²) in [5, 5.41) is 12.4. The number of fused-ring (bicyclic) bond motifs is 1. The van der Waals surface area contributed by atoms with Gasteiger partial charge in [-0.05, 0) is 36.5 Å². The summed E-state index contributed by atoms with van der Waals surface area (Å²) in [7, 11) is -3.50. The number of hydrogen-bond donors (Lipinski definition) is 3. The normalized spacial score (nSPS) is 24.6. The van der Waals surface area contributed by atoms with Crippen LogP contribution in [0.1, 0.15) is 31.7 Å². The van der Waals surface area contributed by atoms with Gasteiger partial charge in [-0.15, -0.1) is 0 Å². The zero-order chi connectivity index (χ0) is 19.7. The standard InChI is InChI=1S/C18H25N3O5S/c1-2-20-27(25,26)15-7-5-13(6-8-15)10-19-17(24)21-11-14-4-3-9-18(14,12-21)16(22)23/h5-8,14,20H,2-4,9-12H2,1H3,(H,19,24)(H,22,23)/t14-,18+/m0/s1. The molecule has 0 radical (unpaired) electrons. The molecule has 3 rings (SSSR count). The van der Waals surface area contributed by atoms with Crippen molar-refractivity contribution in [3.8, 4) is 0 Å². The van der Waals surface area contributed by atoms with Gasteiger partial charge in [-0.1, -0.05) is 25.5 Å². The summed E-state index contributed by atoms with van der Waals surface area (Å²) in [6.45, 7) is 3.00. The highest BCUT2D eigenvalue weighted by Gasteiger charge is 2.55. The lowest BCUT2D eigenvalue weighted by atomic mass is 9.81. The molecule has 0 spiro atoms. The van der Waals surface area contributed by atoms with Gasteiger partial charge in [0.1, 0.15) is 0 Å². The molecule has 1 aromatic rings. The van der Waals surface area contributed by atoms with Crippen molar-refractivity contribution >= 4 is 22.0 Å². The Bertz CT molecular complexity index is 824. The molecule has 3 N–H and O–H groups in total. The first-order valence-electron chi connectivity index (χ1n) is 9.13. The number of benzene rings is 1. The summed E-state index contributed by atoms with van der Waals surface area (Å²) in [5.74, 6) is -0.783. The van der Waals surface area contributed by atoms with Gasteiger partial charge < -0.3 is 15.3 Å². The third-order valence-electron chi connectivity index (χ3n) is 5.60. The molecule has 1 aromatic carbocycles. The first kappa shape index (κ1) is 19.6. The van der Waals surface area contributed by atoms with Crippen molar-refractivity contribution in [1.29, 1.82) is 0 Å². The molecule has 1 saturated carbocycles. The van der Waals surface area contributed by atoms with Crippen molar-refractivity contribution in [2.75, 3.05) is 19.6 Å². The van der Waals surface area contributed by atoms with E-state index in [-0.39, 0.29) is 29.9 Å². The lowest BCUT2D eigenvalue weighted by molar-refractivity contribution is -0.149. The predicted molar refractivity (Wildman–Crippen MR) is 98.5 cm³/mol. The molecule has 1 aliphatic heterocycles. The van der Waals surface area contributed by atoms with Gasteiger partial charge in [-0.25, -0.2) is 17.9 Å². The topological polar surface area (TPSA) is 116 Å². The summed E-state index contributed by atoms with van der Waals surface area (Å²) in [6, 6.07) is 6.02. The van der Waals surface area contributed by atoms with E-state index in [4.69, 9.17) is 0 Å². The number of carboxylic acid groups (broad SMARTS) is 1. The molecule has 8 nitrogen and oxygen atoms in total. The number of likely N-dealkylation sites (tertiary alicyclic amines) is 1. The number of carboxylic acids is 1. The van der Waals surface area contributed by atoms with Gasteiger partial charge in [0.15, 0.2) is 0 Å². The maximum atomic E-state index is 12.4. The number of carbonyl (C=O) groups excluding carboxylic acids is 1. The van der Waals surface area contributed by atoms with Crippen LogP contribution in [0.15, 0.2) is 29.2 Å². The molecule has 27 heavy (non-hydrogen) atoms. The van der Waals surface area contributed by atoms with Crippen LogP contribution in [0.2, 0.25) is 0 Å². The molecule has 9 heteroatoms. The zero-order valence-corrected chi connectivity index (χ0v) is 16.1. The van der Waals surface area contributed by atoms with Crippen LogP contribution in [0, 0.1) is 11.3 Å². The fourth-order valence-electron chi connectivity index (χ4n) is 4.14. The third kappa shape index (κ3) is 3.79. The highest BCUT2D eigenvalue weighted by Crippen LogP contribution is 2.48. The highest BCUT2D eigenvalue weighted by atomic mass is 32.2. The van der Waals surface area contributed by atoms with E-state index < -0.39 is 21.4 Å². The van der Waals surface area contributed by atoms with Crippen LogP contribution in [-0.4, -0.2) is 50.1 Å². The number of amides is 2. The zero-order valence-electron chi connectivity index (χ0n) is 15.3. The first-order valence-corrected chi connectivity index (χ1v) is 10.6. The van der Waals surface area contributed by atoms with Crippen molar-refractivity contribution < 1.29 is 23.1 Å². The molecule has 0 unspecified atom stereocenters. The number of aliphatic carboxylic acids is 1. The van der Waals surface area contributed by atoms with Crippen LogP contribution >= 0.6 is 0 Å². The number of rotatable bonds is 6. The van der Waals surface area contributed by atoms with E-state index in [9.17, 15) is 23.1 Å². The molecular weight excluding hydrogens is 370 g/mol. The Hall–Kier alpha value is -2.13. The maximum Gasteiger partial charge on any atom is 0.317 e. The van der Waals surface area contributed by atoms with Crippen molar-refractivity contribution in [3.05, 3.63) is 29.8 Å². The molecule has 2 fully saturated rings. The fourth-order valence-corrected chi connectivity index (χ4v) is 5.18. The number of urea groups is 1. The van der Waals surface area contributed by atoms with E-state index in [1.807, 2.05) is 0 Å². The Kier molecular flexibility index (Phi) is 5.43. The Morgan fingerprint density at radius 3 is 2.59 bits per heavy atom. The number of nitrogens with zero attached hydrogens (tertiary/aromatic N) is 1. The molecule has 148 valence electrons. The Balaban J connectivity index is 1.58. The van der Waals surface area contributed by atoms with E-state index in [2.05, 4.69) is 10.0 Å². The third-order valence-corrected chi connectivity index (χ3v) is 7.16. The quantitative estimate of drug-likeness (QED) is 0.673. The van der Waals surface area contributed by atoms with E-state index in [0.29, 0.717) is 19.5 Å². The molecular formula is C18H25N3O5S. The van der Waals surface area contributed by atoms with Gasteiger partial charge in [-0.2, -0.15) is 0 Å². The molecule has 2 amide bonds. The van der Waals surface area contributed by atoms with Crippen LogP contribution in [0.25, 0.3) is 0 Å². The number of sulfonamides is 1. The first-order chi connectivity index (χ1) is 12.8. The van der Waals surface area contributed by atoms with E-state index in [1.54, 1.807) is 24.0 Å². The summed E-state index contributed by atoms with van der Waals surface area (Å²) < 4.78 is 26.3. The van der Waals surface area contributed by atoms with Gasteiger partial charge in [-0.3, -0.25) is 4.79 Å². The number of carbonyl (C=O) groups is 2. The summed E-state index contributed by atoms with van der Waals surface area (Å²) in [6.07, 6.45) is 2.37. The average Bonchev–Trinajstić information content (AvgIpc) is 3.18. The average molecular weight is 395 g/mol. The molecule has 1 aliphatic carbocycles. The predicted octanol–water partition coefficient (Wildman–Crippen LogP) is 1.38. The van der Waals surface area contributed by atoms with Gasteiger partial charge >= 0.3 is 12.0 Å². The molecule has 1 saturated heterocycles. The Morgan fingerprint density at radius 1 is 1.30 bits per heavy atom. The lowest BCUT2D eigenvalue weighted by Gasteiger charge is -2.23. The molecule has 0 bridgehead atoms. The van der Waals surface area contributed by atoms with Crippen LogP contribution in [-0.2, 0) is 21.4 Å².